The summed E-state index contributed by atoms with van der Waals surface area (Å²) in [4.78, 5) is 14.3. The zero-order chi connectivity index (χ0) is 21.1. The van der Waals surface area contributed by atoms with Gasteiger partial charge in [-0.15, -0.1) is 10.2 Å². The third kappa shape index (κ3) is 4.55. The van der Waals surface area contributed by atoms with E-state index in [-0.39, 0.29) is 11.7 Å². The third-order valence-corrected chi connectivity index (χ3v) is 6.06. The molecule has 156 valence electrons. The second-order valence-electron chi connectivity index (χ2n) is 6.93. The molecular weight excluding hydrogens is 424 g/mol. The SMILES string of the molecule is Cc1ccc(-n2cnnc2SCC(=O)N(C)Cc2ccc3c(c2)OCCO3)cc1Cl. The molecule has 0 aliphatic carbocycles. The highest BCUT2D eigenvalue weighted by molar-refractivity contribution is 7.99. The summed E-state index contributed by atoms with van der Waals surface area (Å²) in [6, 6.07) is 11.5. The van der Waals surface area contributed by atoms with E-state index in [1.807, 2.05) is 47.9 Å². The van der Waals surface area contributed by atoms with Gasteiger partial charge in [0.2, 0.25) is 5.91 Å². The molecule has 30 heavy (non-hydrogen) atoms. The predicted molar refractivity (Wildman–Crippen MR) is 116 cm³/mol. The number of hydrogen-bond acceptors (Lipinski definition) is 6. The van der Waals surface area contributed by atoms with Gasteiger partial charge in [0.1, 0.15) is 19.5 Å². The van der Waals surface area contributed by atoms with Crippen LogP contribution in [0.4, 0.5) is 0 Å². The van der Waals surface area contributed by atoms with Crippen molar-refractivity contribution < 1.29 is 14.3 Å². The molecule has 4 rings (SSSR count). The number of halogens is 1. The Hall–Kier alpha value is -2.71. The fourth-order valence-corrected chi connectivity index (χ4v) is 4.06. The van der Waals surface area contributed by atoms with Gasteiger partial charge in [-0.05, 0) is 42.3 Å². The summed E-state index contributed by atoms with van der Waals surface area (Å²) in [5.41, 5.74) is 2.84. The molecule has 3 aromatic rings. The van der Waals surface area contributed by atoms with Crippen molar-refractivity contribution in [2.24, 2.45) is 0 Å². The van der Waals surface area contributed by atoms with Gasteiger partial charge in [-0.1, -0.05) is 35.5 Å². The molecule has 1 aliphatic heterocycles. The number of benzene rings is 2. The summed E-state index contributed by atoms with van der Waals surface area (Å²) < 4.78 is 13.0. The van der Waals surface area contributed by atoms with Crippen LogP contribution in [0, 0.1) is 6.92 Å². The van der Waals surface area contributed by atoms with Crippen molar-refractivity contribution in [3.63, 3.8) is 0 Å². The van der Waals surface area contributed by atoms with Gasteiger partial charge >= 0.3 is 0 Å². The molecule has 0 atom stereocenters. The van der Waals surface area contributed by atoms with Crippen LogP contribution >= 0.6 is 23.4 Å². The quantitative estimate of drug-likeness (QED) is 0.539. The van der Waals surface area contributed by atoms with Crippen molar-refractivity contribution in [3.8, 4) is 17.2 Å². The minimum absolute atomic E-state index is 0.00798. The summed E-state index contributed by atoms with van der Waals surface area (Å²) >= 11 is 7.57. The number of aromatic nitrogens is 3. The molecule has 0 saturated heterocycles. The molecule has 1 aliphatic rings. The Morgan fingerprint density at radius 1 is 1.20 bits per heavy atom. The maximum atomic E-state index is 12.6. The molecule has 0 unspecified atom stereocenters. The maximum Gasteiger partial charge on any atom is 0.233 e. The number of carbonyl (C=O) groups excluding carboxylic acids is 1. The molecule has 0 fully saturated rings. The molecule has 2 heterocycles. The number of thioether (sulfide) groups is 1. The topological polar surface area (TPSA) is 69.5 Å². The zero-order valence-electron chi connectivity index (χ0n) is 16.7. The zero-order valence-corrected chi connectivity index (χ0v) is 18.2. The van der Waals surface area contributed by atoms with Gasteiger partial charge in [0, 0.05) is 18.6 Å². The predicted octanol–water partition coefficient (Wildman–Crippen LogP) is 3.75. The first-order valence-corrected chi connectivity index (χ1v) is 10.8. The van der Waals surface area contributed by atoms with Gasteiger partial charge in [0.25, 0.3) is 0 Å². The Labute approximate surface area is 183 Å². The largest absolute Gasteiger partial charge is 0.486 e. The molecule has 1 aromatic heterocycles. The Bertz CT molecular complexity index is 1070. The number of carbonyl (C=O) groups is 1. The first kappa shape index (κ1) is 20.6. The Kier molecular flexibility index (Phi) is 6.15. The van der Waals surface area contributed by atoms with E-state index in [0.717, 1.165) is 28.3 Å². The average Bonchev–Trinajstić information content (AvgIpc) is 3.22. The van der Waals surface area contributed by atoms with Crippen molar-refractivity contribution in [2.45, 2.75) is 18.6 Å². The van der Waals surface area contributed by atoms with Crippen molar-refractivity contribution >= 4 is 29.3 Å². The van der Waals surface area contributed by atoms with Crippen LogP contribution in [-0.2, 0) is 11.3 Å². The lowest BCUT2D eigenvalue weighted by Crippen LogP contribution is -2.28. The maximum absolute atomic E-state index is 12.6. The second-order valence-corrected chi connectivity index (χ2v) is 8.28. The smallest absolute Gasteiger partial charge is 0.233 e. The van der Waals surface area contributed by atoms with Crippen molar-refractivity contribution in [1.82, 2.24) is 19.7 Å². The number of ether oxygens (including phenoxy) is 2. The third-order valence-electron chi connectivity index (χ3n) is 4.73. The number of fused-ring (bicyclic) bond motifs is 1. The highest BCUT2D eigenvalue weighted by Gasteiger charge is 2.16. The summed E-state index contributed by atoms with van der Waals surface area (Å²) in [5, 5.41) is 9.43. The summed E-state index contributed by atoms with van der Waals surface area (Å²) in [7, 11) is 1.78. The summed E-state index contributed by atoms with van der Waals surface area (Å²) in [6.45, 7) is 3.52. The van der Waals surface area contributed by atoms with E-state index in [1.165, 1.54) is 11.8 Å². The molecule has 1 amide bonds. The van der Waals surface area contributed by atoms with Crippen molar-refractivity contribution in [1.29, 1.82) is 0 Å². The van der Waals surface area contributed by atoms with E-state index in [9.17, 15) is 4.79 Å². The van der Waals surface area contributed by atoms with E-state index in [1.54, 1.807) is 18.3 Å². The number of hydrogen-bond donors (Lipinski definition) is 0. The highest BCUT2D eigenvalue weighted by Crippen LogP contribution is 2.31. The van der Waals surface area contributed by atoms with E-state index in [4.69, 9.17) is 21.1 Å². The summed E-state index contributed by atoms with van der Waals surface area (Å²) in [6.07, 6.45) is 1.62. The average molecular weight is 445 g/mol. The van der Waals surface area contributed by atoms with Gasteiger partial charge in [-0.25, -0.2) is 0 Å². The Balaban J connectivity index is 1.38. The minimum Gasteiger partial charge on any atom is -0.486 e. The van der Waals surface area contributed by atoms with E-state index >= 15 is 0 Å². The van der Waals surface area contributed by atoms with Crippen LogP contribution in [0.5, 0.6) is 11.5 Å². The van der Waals surface area contributed by atoms with Gasteiger partial charge in [0.15, 0.2) is 16.7 Å². The fraction of sp³-hybridized carbons (Fsp3) is 0.286. The van der Waals surface area contributed by atoms with Crippen LogP contribution in [0.1, 0.15) is 11.1 Å². The molecule has 2 aromatic carbocycles. The molecule has 9 heteroatoms. The number of rotatable bonds is 6. The standard InChI is InChI=1S/C21H21ClN4O3S/c1-14-3-5-16(10-17(14)22)26-13-23-24-21(26)30-12-20(27)25(2)11-15-4-6-18-19(9-15)29-8-7-28-18/h3-6,9-10,13H,7-8,11-12H2,1-2H3. The van der Waals surface area contributed by atoms with Gasteiger partial charge in [0.05, 0.1) is 11.4 Å². The first-order valence-electron chi connectivity index (χ1n) is 9.43. The summed E-state index contributed by atoms with van der Waals surface area (Å²) in [5.74, 6) is 1.70. The normalized spacial score (nSPS) is 12.6. The molecule has 0 spiro atoms. The van der Waals surface area contributed by atoms with Crippen LogP contribution in [0.15, 0.2) is 47.9 Å². The molecule has 0 saturated carbocycles. The van der Waals surface area contributed by atoms with Gasteiger partial charge in [-0.2, -0.15) is 0 Å². The van der Waals surface area contributed by atoms with Crippen molar-refractivity contribution in [2.75, 3.05) is 26.0 Å². The van der Waals surface area contributed by atoms with Crippen molar-refractivity contribution in [3.05, 3.63) is 58.9 Å². The van der Waals surface area contributed by atoms with Crippen LogP contribution in [0.2, 0.25) is 5.02 Å². The first-order chi connectivity index (χ1) is 14.5. The molecule has 0 N–H and O–H groups in total. The minimum atomic E-state index is -0.00798. The van der Waals surface area contributed by atoms with Gasteiger partial charge < -0.3 is 14.4 Å². The molecule has 0 radical (unpaired) electrons. The number of aryl methyl sites for hydroxylation is 1. The van der Waals surface area contributed by atoms with Crippen LogP contribution in [0.25, 0.3) is 5.69 Å². The lowest BCUT2D eigenvalue weighted by Gasteiger charge is -2.21. The van der Waals surface area contributed by atoms with E-state index < -0.39 is 0 Å². The van der Waals surface area contributed by atoms with Crippen LogP contribution in [0.3, 0.4) is 0 Å². The van der Waals surface area contributed by atoms with Gasteiger partial charge in [-0.3, -0.25) is 9.36 Å². The second kappa shape index (κ2) is 8.97. The fourth-order valence-electron chi connectivity index (χ4n) is 3.02. The Morgan fingerprint density at radius 3 is 2.80 bits per heavy atom. The van der Waals surface area contributed by atoms with Crippen LogP contribution in [-0.4, -0.2) is 51.6 Å². The Morgan fingerprint density at radius 2 is 2.00 bits per heavy atom. The lowest BCUT2D eigenvalue weighted by molar-refractivity contribution is -0.127. The highest BCUT2D eigenvalue weighted by atomic mass is 35.5. The molecule has 7 nitrogen and oxygen atoms in total. The lowest BCUT2D eigenvalue weighted by atomic mass is 10.2. The molecule has 0 bridgehead atoms. The number of amides is 1. The van der Waals surface area contributed by atoms with E-state index in [2.05, 4.69) is 10.2 Å². The number of nitrogens with zero attached hydrogens (tertiary/aromatic N) is 4. The van der Waals surface area contributed by atoms with E-state index in [0.29, 0.717) is 29.9 Å². The molecular formula is C21H21ClN4O3S. The van der Waals surface area contributed by atoms with Crippen LogP contribution < -0.4 is 9.47 Å². The monoisotopic (exact) mass is 444 g/mol.